The lowest BCUT2D eigenvalue weighted by Crippen LogP contribution is -2.06. The number of hydrogen-bond acceptors (Lipinski definition) is 3. The summed E-state index contributed by atoms with van der Waals surface area (Å²) < 4.78 is 11.2. The lowest BCUT2D eigenvalue weighted by Gasteiger charge is -2.12. The van der Waals surface area contributed by atoms with E-state index in [1.54, 1.807) is 20.3 Å². The largest absolute Gasteiger partial charge is 0.497 e. The topological polar surface area (TPSA) is 35.5 Å². The molecule has 0 atom stereocenters. The van der Waals surface area contributed by atoms with Gasteiger partial charge in [-0.1, -0.05) is 15.9 Å². The monoisotopic (exact) mass is 348 g/mol. The summed E-state index contributed by atoms with van der Waals surface area (Å²) in [6.45, 7) is 3.83. The second-order valence-electron chi connectivity index (χ2n) is 4.81. The van der Waals surface area contributed by atoms with Crippen molar-refractivity contribution in [3.63, 3.8) is 0 Å². The van der Waals surface area contributed by atoms with Crippen LogP contribution in [0.2, 0.25) is 0 Å². The highest BCUT2D eigenvalue weighted by Crippen LogP contribution is 2.28. The standard InChI is InChI=1S/C17H17BrO3/c1-10-8-16(21-4)11(2)7-13(10)17(19)14-9-12(20-3)5-6-15(14)18/h5-9H,1-4H3. The zero-order chi connectivity index (χ0) is 15.6. The molecule has 0 aromatic heterocycles. The second-order valence-corrected chi connectivity index (χ2v) is 5.67. The molecular formula is C17H17BrO3. The molecule has 0 unspecified atom stereocenters. The molecule has 0 bridgehead atoms. The highest BCUT2D eigenvalue weighted by molar-refractivity contribution is 9.10. The minimum atomic E-state index is -0.0379. The fourth-order valence-corrected chi connectivity index (χ4v) is 2.63. The normalized spacial score (nSPS) is 10.3. The molecule has 0 amide bonds. The first-order chi connectivity index (χ1) is 9.97. The maximum absolute atomic E-state index is 12.8. The fourth-order valence-electron chi connectivity index (χ4n) is 2.20. The first-order valence-electron chi connectivity index (χ1n) is 6.51. The van der Waals surface area contributed by atoms with Crippen LogP contribution >= 0.6 is 15.9 Å². The Morgan fingerprint density at radius 3 is 2.29 bits per heavy atom. The predicted octanol–water partition coefficient (Wildman–Crippen LogP) is 4.31. The third-order valence-corrected chi connectivity index (χ3v) is 4.10. The van der Waals surface area contributed by atoms with E-state index < -0.39 is 0 Å². The summed E-state index contributed by atoms with van der Waals surface area (Å²) in [5.74, 6) is 1.40. The van der Waals surface area contributed by atoms with Gasteiger partial charge in [0.15, 0.2) is 5.78 Å². The molecule has 2 aromatic rings. The molecule has 0 heterocycles. The van der Waals surface area contributed by atoms with E-state index in [1.807, 2.05) is 38.1 Å². The first kappa shape index (κ1) is 15.6. The van der Waals surface area contributed by atoms with E-state index in [2.05, 4.69) is 15.9 Å². The van der Waals surface area contributed by atoms with Crippen LogP contribution in [0.3, 0.4) is 0 Å². The Balaban J connectivity index is 2.52. The van der Waals surface area contributed by atoms with Gasteiger partial charge in [-0.25, -0.2) is 0 Å². The van der Waals surface area contributed by atoms with Crippen molar-refractivity contribution >= 4 is 21.7 Å². The van der Waals surface area contributed by atoms with Crippen molar-refractivity contribution < 1.29 is 14.3 Å². The summed E-state index contributed by atoms with van der Waals surface area (Å²) in [5.41, 5.74) is 3.08. The number of aryl methyl sites for hydroxylation is 2. The molecule has 3 nitrogen and oxygen atoms in total. The maximum atomic E-state index is 12.8. The van der Waals surface area contributed by atoms with Gasteiger partial charge in [0, 0.05) is 15.6 Å². The molecule has 0 radical (unpaired) electrons. The van der Waals surface area contributed by atoms with Gasteiger partial charge in [0.25, 0.3) is 0 Å². The second kappa shape index (κ2) is 6.31. The van der Waals surface area contributed by atoms with E-state index in [0.29, 0.717) is 16.9 Å². The van der Waals surface area contributed by atoms with Gasteiger partial charge < -0.3 is 9.47 Å². The summed E-state index contributed by atoms with van der Waals surface area (Å²) in [6, 6.07) is 9.12. The van der Waals surface area contributed by atoms with E-state index in [4.69, 9.17) is 9.47 Å². The van der Waals surface area contributed by atoms with Crippen molar-refractivity contribution in [2.24, 2.45) is 0 Å². The van der Waals surface area contributed by atoms with Gasteiger partial charge in [0.1, 0.15) is 11.5 Å². The summed E-state index contributed by atoms with van der Waals surface area (Å²) in [7, 11) is 3.21. The number of carbonyl (C=O) groups excluding carboxylic acids is 1. The van der Waals surface area contributed by atoms with E-state index in [0.717, 1.165) is 21.3 Å². The lowest BCUT2D eigenvalue weighted by molar-refractivity contribution is 0.103. The highest BCUT2D eigenvalue weighted by Gasteiger charge is 2.17. The summed E-state index contributed by atoms with van der Waals surface area (Å²) in [5, 5.41) is 0. The number of rotatable bonds is 4. The van der Waals surface area contributed by atoms with Crippen molar-refractivity contribution in [1.82, 2.24) is 0 Å². The third kappa shape index (κ3) is 3.10. The lowest BCUT2D eigenvalue weighted by atomic mass is 9.96. The van der Waals surface area contributed by atoms with Crippen molar-refractivity contribution in [1.29, 1.82) is 0 Å². The van der Waals surface area contributed by atoms with Crippen LogP contribution in [0.25, 0.3) is 0 Å². The zero-order valence-electron chi connectivity index (χ0n) is 12.5. The smallest absolute Gasteiger partial charge is 0.194 e. The fraction of sp³-hybridized carbons (Fsp3) is 0.235. The van der Waals surface area contributed by atoms with Crippen molar-refractivity contribution in [3.05, 3.63) is 57.1 Å². The number of carbonyl (C=O) groups is 1. The van der Waals surface area contributed by atoms with Gasteiger partial charge in [0.2, 0.25) is 0 Å². The molecule has 0 aliphatic carbocycles. The minimum Gasteiger partial charge on any atom is -0.497 e. The molecule has 0 N–H and O–H groups in total. The molecule has 2 aromatic carbocycles. The molecule has 0 saturated heterocycles. The van der Waals surface area contributed by atoms with Crippen LogP contribution in [0.4, 0.5) is 0 Å². The molecule has 110 valence electrons. The van der Waals surface area contributed by atoms with E-state index in [-0.39, 0.29) is 5.78 Å². The van der Waals surface area contributed by atoms with E-state index in [9.17, 15) is 4.79 Å². The van der Waals surface area contributed by atoms with E-state index in [1.165, 1.54) is 0 Å². The highest BCUT2D eigenvalue weighted by atomic mass is 79.9. The minimum absolute atomic E-state index is 0.0379. The van der Waals surface area contributed by atoms with Crippen molar-refractivity contribution in [2.45, 2.75) is 13.8 Å². The van der Waals surface area contributed by atoms with Crippen LogP contribution in [0, 0.1) is 13.8 Å². The molecule has 2 rings (SSSR count). The number of hydrogen-bond donors (Lipinski definition) is 0. The number of ketones is 1. The molecule has 4 heteroatoms. The van der Waals surface area contributed by atoms with Crippen LogP contribution in [-0.2, 0) is 0 Å². The van der Waals surface area contributed by atoms with Gasteiger partial charge in [-0.15, -0.1) is 0 Å². The quantitative estimate of drug-likeness (QED) is 0.772. The Morgan fingerprint density at radius 2 is 1.67 bits per heavy atom. The Hall–Kier alpha value is -1.81. The van der Waals surface area contributed by atoms with Crippen LogP contribution in [0.5, 0.6) is 11.5 Å². The molecule has 21 heavy (non-hydrogen) atoms. The van der Waals surface area contributed by atoms with Gasteiger partial charge in [0.05, 0.1) is 14.2 Å². The molecule has 0 saturated carbocycles. The van der Waals surface area contributed by atoms with Gasteiger partial charge in [-0.2, -0.15) is 0 Å². The van der Waals surface area contributed by atoms with Crippen LogP contribution in [-0.4, -0.2) is 20.0 Å². The van der Waals surface area contributed by atoms with Gasteiger partial charge >= 0.3 is 0 Å². The van der Waals surface area contributed by atoms with Crippen LogP contribution in [0.15, 0.2) is 34.8 Å². The van der Waals surface area contributed by atoms with Crippen molar-refractivity contribution in [3.8, 4) is 11.5 Å². The summed E-state index contributed by atoms with van der Waals surface area (Å²) in [6.07, 6.45) is 0. The summed E-state index contributed by atoms with van der Waals surface area (Å²) >= 11 is 3.43. The van der Waals surface area contributed by atoms with E-state index >= 15 is 0 Å². The van der Waals surface area contributed by atoms with Gasteiger partial charge in [-0.05, 0) is 55.3 Å². The number of ether oxygens (including phenoxy) is 2. The zero-order valence-corrected chi connectivity index (χ0v) is 14.1. The molecule has 0 aliphatic rings. The van der Waals surface area contributed by atoms with Crippen molar-refractivity contribution in [2.75, 3.05) is 14.2 Å². The summed E-state index contributed by atoms with van der Waals surface area (Å²) in [4.78, 5) is 12.8. The molecule has 0 spiro atoms. The average molecular weight is 349 g/mol. The molecule has 0 aliphatic heterocycles. The number of methoxy groups -OCH3 is 2. The first-order valence-corrected chi connectivity index (χ1v) is 7.30. The molecular weight excluding hydrogens is 332 g/mol. The number of benzene rings is 2. The molecule has 0 fully saturated rings. The van der Waals surface area contributed by atoms with Gasteiger partial charge in [-0.3, -0.25) is 4.79 Å². The van der Waals surface area contributed by atoms with Crippen LogP contribution < -0.4 is 9.47 Å². The Bertz CT molecular complexity index is 693. The van der Waals surface area contributed by atoms with Crippen LogP contribution in [0.1, 0.15) is 27.0 Å². The maximum Gasteiger partial charge on any atom is 0.194 e. The Kier molecular flexibility index (Phi) is 4.68. The Morgan fingerprint density at radius 1 is 0.952 bits per heavy atom. The number of halogens is 1. The average Bonchev–Trinajstić information content (AvgIpc) is 2.49. The Labute approximate surface area is 133 Å². The SMILES string of the molecule is COc1ccc(Br)c(C(=O)c2cc(C)c(OC)cc2C)c1. The third-order valence-electron chi connectivity index (χ3n) is 3.40. The predicted molar refractivity (Wildman–Crippen MR) is 86.6 cm³/mol.